The lowest BCUT2D eigenvalue weighted by atomic mass is 9.98. The van der Waals surface area contributed by atoms with Crippen molar-refractivity contribution in [2.24, 2.45) is 0 Å². The highest BCUT2D eigenvalue weighted by Gasteiger charge is 2.36. The van der Waals surface area contributed by atoms with Crippen molar-refractivity contribution in [3.8, 4) is 0 Å². The molecule has 2 unspecified atom stereocenters. The number of carbonyl (C=O) groups is 1. The first-order chi connectivity index (χ1) is 9.72. The minimum atomic E-state index is 0. The second kappa shape index (κ2) is 8.70. The summed E-state index contributed by atoms with van der Waals surface area (Å²) in [5.74, 6) is 0.252. The van der Waals surface area contributed by atoms with Gasteiger partial charge in [0.25, 0.3) is 0 Å². The van der Waals surface area contributed by atoms with Gasteiger partial charge in [-0.3, -0.25) is 9.78 Å². The first kappa shape index (κ1) is 19.2. The van der Waals surface area contributed by atoms with Crippen LogP contribution in [-0.2, 0) is 11.2 Å². The third kappa shape index (κ3) is 4.58. The topological polar surface area (TPSA) is 45.2 Å². The van der Waals surface area contributed by atoms with Crippen molar-refractivity contribution < 1.29 is 4.79 Å². The monoisotopic (exact) mass is 345 g/mol. The largest absolute Gasteiger partial charge is 0.343 e. The van der Waals surface area contributed by atoms with Crippen molar-refractivity contribution >= 4 is 30.7 Å². The average molecular weight is 346 g/mol. The molecule has 6 heteroatoms. The molecule has 2 aliphatic heterocycles. The molecule has 2 fully saturated rings. The van der Waals surface area contributed by atoms with Gasteiger partial charge < -0.3 is 10.2 Å². The van der Waals surface area contributed by atoms with Crippen LogP contribution in [0.4, 0.5) is 0 Å². The summed E-state index contributed by atoms with van der Waals surface area (Å²) in [5.41, 5.74) is 1.000. The number of rotatable bonds is 4. The zero-order valence-electron chi connectivity index (χ0n) is 12.9. The van der Waals surface area contributed by atoms with Crippen molar-refractivity contribution in [2.75, 3.05) is 7.05 Å². The highest BCUT2D eigenvalue weighted by atomic mass is 35.5. The van der Waals surface area contributed by atoms with Crippen LogP contribution in [0, 0.1) is 0 Å². The predicted molar refractivity (Wildman–Crippen MR) is 92.8 cm³/mol. The lowest BCUT2D eigenvalue weighted by Gasteiger charge is -2.35. The number of hydrogen-bond acceptors (Lipinski definition) is 3. The summed E-state index contributed by atoms with van der Waals surface area (Å²) in [5, 5.41) is 3.62. The van der Waals surface area contributed by atoms with Gasteiger partial charge in [0.05, 0.1) is 0 Å². The molecule has 1 aromatic rings. The van der Waals surface area contributed by atoms with Gasteiger partial charge >= 0.3 is 0 Å². The molecule has 3 rings (SSSR count). The van der Waals surface area contributed by atoms with Crippen LogP contribution in [-0.4, -0.2) is 41.0 Å². The quantitative estimate of drug-likeness (QED) is 0.912. The fourth-order valence-corrected chi connectivity index (χ4v) is 3.50. The van der Waals surface area contributed by atoms with Crippen molar-refractivity contribution in [1.82, 2.24) is 15.2 Å². The highest BCUT2D eigenvalue weighted by molar-refractivity contribution is 5.85. The Morgan fingerprint density at radius 1 is 1.27 bits per heavy atom. The molecule has 2 bridgehead atoms. The van der Waals surface area contributed by atoms with Crippen LogP contribution in [0.15, 0.2) is 24.4 Å². The van der Waals surface area contributed by atoms with Gasteiger partial charge in [-0.25, -0.2) is 0 Å². The molecular formula is C16H25Cl2N3O. The Hall–Kier alpha value is -0.840. The molecule has 1 N–H and O–H groups in total. The van der Waals surface area contributed by atoms with Crippen molar-refractivity contribution in [2.45, 2.75) is 56.7 Å². The van der Waals surface area contributed by atoms with Gasteiger partial charge in [-0.15, -0.1) is 24.8 Å². The molecular weight excluding hydrogens is 321 g/mol. The molecule has 0 spiro atoms. The predicted octanol–water partition coefficient (Wildman–Crippen LogP) is 2.60. The van der Waals surface area contributed by atoms with E-state index in [0.717, 1.165) is 25.0 Å². The third-order valence-electron chi connectivity index (χ3n) is 4.71. The summed E-state index contributed by atoms with van der Waals surface area (Å²) in [6.45, 7) is 0. The zero-order valence-corrected chi connectivity index (χ0v) is 14.5. The first-order valence-corrected chi connectivity index (χ1v) is 7.64. The van der Waals surface area contributed by atoms with Crippen LogP contribution in [0.25, 0.3) is 0 Å². The number of carbonyl (C=O) groups excluding carboxylic acids is 1. The molecule has 4 nitrogen and oxygen atoms in total. The van der Waals surface area contributed by atoms with Crippen LogP contribution in [0.5, 0.6) is 0 Å². The fourth-order valence-electron chi connectivity index (χ4n) is 3.50. The summed E-state index contributed by atoms with van der Waals surface area (Å²) >= 11 is 0. The number of nitrogens with one attached hydrogen (secondary N) is 1. The van der Waals surface area contributed by atoms with Gasteiger partial charge in [0.15, 0.2) is 0 Å². The summed E-state index contributed by atoms with van der Waals surface area (Å²) in [4.78, 5) is 18.6. The van der Waals surface area contributed by atoms with Crippen LogP contribution in [0.3, 0.4) is 0 Å². The van der Waals surface area contributed by atoms with Crippen LogP contribution >= 0.6 is 24.8 Å². The standard InChI is InChI=1S/C16H23N3O.2ClH/c1-19(15-10-13-5-6-14(11-15)18-13)16(20)8-7-12-4-2-3-9-17-12;;/h2-4,9,13-15,18H,5-8,10-11H2,1H3;2*1H. The number of piperidine rings is 1. The summed E-state index contributed by atoms with van der Waals surface area (Å²) in [6, 6.07) is 7.54. The Morgan fingerprint density at radius 3 is 2.55 bits per heavy atom. The number of fused-ring (bicyclic) bond motifs is 2. The van der Waals surface area contributed by atoms with Gasteiger partial charge in [0.2, 0.25) is 5.91 Å². The van der Waals surface area contributed by atoms with Gasteiger partial charge in [0.1, 0.15) is 0 Å². The van der Waals surface area contributed by atoms with Crippen molar-refractivity contribution in [3.05, 3.63) is 30.1 Å². The molecule has 0 radical (unpaired) electrons. The lowest BCUT2D eigenvalue weighted by Crippen LogP contribution is -2.48. The van der Waals surface area contributed by atoms with E-state index in [1.165, 1.54) is 12.8 Å². The van der Waals surface area contributed by atoms with E-state index in [-0.39, 0.29) is 30.7 Å². The Labute approximate surface area is 144 Å². The minimum Gasteiger partial charge on any atom is -0.343 e. The van der Waals surface area contributed by atoms with E-state index in [4.69, 9.17) is 0 Å². The van der Waals surface area contributed by atoms with E-state index in [1.54, 1.807) is 6.20 Å². The molecule has 2 atom stereocenters. The second-order valence-electron chi connectivity index (χ2n) is 6.09. The third-order valence-corrected chi connectivity index (χ3v) is 4.71. The fraction of sp³-hybridized carbons (Fsp3) is 0.625. The van der Waals surface area contributed by atoms with Gasteiger partial charge in [0, 0.05) is 43.5 Å². The highest BCUT2D eigenvalue weighted by Crippen LogP contribution is 2.29. The summed E-state index contributed by atoms with van der Waals surface area (Å²) in [7, 11) is 1.97. The van der Waals surface area contributed by atoms with Gasteiger partial charge in [-0.05, 0) is 44.2 Å². The van der Waals surface area contributed by atoms with E-state index in [9.17, 15) is 4.79 Å². The Balaban J connectivity index is 0.00000121. The molecule has 22 heavy (non-hydrogen) atoms. The molecule has 0 saturated carbocycles. The van der Waals surface area contributed by atoms with E-state index >= 15 is 0 Å². The molecule has 3 heterocycles. The van der Waals surface area contributed by atoms with E-state index in [1.807, 2.05) is 30.1 Å². The number of halogens is 2. The van der Waals surface area contributed by atoms with Crippen molar-refractivity contribution in [3.63, 3.8) is 0 Å². The summed E-state index contributed by atoms with van der Waals surface area (Å²) in [6.07, 6.45) is 7.86. The minimum absolute atomic E-state index is 0. The van der Waals surface area contributed by atoms with Crippen LogP contribution in [0.1, 0.15) is 37.8 Å². The SMILES string of the molecule is CN(C(=O)CCc1ccccn1)C1CC2CCC(C1)N2.Cl.Cl. The number of aryl methyl sites for hydroxylation is 1. The average Bonchev–Trinajstić information content (AvgIpc) is 2.83. The maximum absolute atomic E-state index is 12.3. The zero-order chi connectivity index (χ0) is 13.9. The molecule has 2 saturated heterocycles. The number of nitrogens with zero attached hydrogens (tertiary/aromatic N) is 2. The van der Waals surface area contributed by atoms with E-state index in [2.05, 4.69) is 10.3 Å². The molecule has 2 aliphatic rings. The lowest BCUT2D eigenvalue weighted by molar-refractivity contribution is -0.132. The molecule has 0 aromatic carbocycles. The Morgan fingerprint density at radius 2 is 1.95 bits per heavy atom. The number of aromatic nitrogens is 1. The van der Waals surface area contributed by atoms with Gasteiger partial charge in [-0.2, -0.15) is 0 Å². The second-order valence-corrected chi connectivity index (χ2v) is 6.09. The number of amides is 1. The van der Waals surface area contributed by atoms with E-state index in [0.29, 0.717) is 24.5 Å². The Kier molecular flexibility index (Phi) is 7.60. The molecule has 124 valence electrons. The van der Waals surface area contributed by atoms with E-state index < -0.39 is 0 Å². The molecule has 1 aromatic heterocycles. The van der Waals surface area contributed by atoms with Crippen LogP contribution in [0.2, 0.25) is 0 Å². The normalized spacial score (nSPS) is 25.8. The van der Waals surface area contributed by atoms with Gasteiger partial charge in [-0.1, -0.05) is 6.07 Å². The number of pyridine rings is 1. The smallest absolute Gasteiger partial charge is 0.222 e. The van der Waals surface area contributed by atoms with Crippen LogP contribution < -0.4 is 5.32 Å². The molecule has 0 aliphatic carbocycles. The van der Waals surface area contributed by atoms with Crippen molar-refractivity contribution in [1.29, 1.82) is 0 Å². The first-order valence-electron chi connectivity index (χ1n) is 7.64. The maximum Gasteiger partial charge on any atom is 0.222 e. The number of hydrogen-bond donors (Lipinski definition) is 1. The maximum atomic E-state index is 12.3. The molecule has 1 amide bonds. The summed E-state index contributed by atoms with van der Waals surface area (Å²) < 4.78 is 0. The Bertz CT molecular complexity index is 460.